The quantitative estimate of drug-likeness (QED) is 0.589. The summed E-state index contributed by atoms with van der Waals surface area (Å²) in [5, 5.41) is 1.31. The highest BCUT2D eigenvalue weighted by molar-refractivity contribution is 7.80. The third kappa shape index (κ3) is 1.28. The van der Waals surface area contributed by atoms with Gasteiger partial charge in [0.1, 0.15) is 0 Å². The average molecular weight is 180 g/mol. The van der Waals surface area contributed by atoms with E-state index in [9.17, 15) is 0 Å². The van der Waals surface area contributed by atoms with Crippen LogP contribution in [0, 0.1) is 6.92 Å². The van der Waals surface area contributed by atoms with Gasteiger partial charge >= 0.3 is 0 Å². The second kappa shape index (κ2) is 2.54. The van der Waals surface area contributed by atoms with Gasteiger partial charge in [-0.05, 0) is 36.6 Å². The topological polar surface area (TPSA) is 0 Å². The molecule has 2 aromatic rings. The zero-order valence-electron chi connectivity index (χ0n) is 6.16. The van der Waals surface area contributed by atoms with Crippen LogP contribution in [0.3, 0.4) is 0 Å². The van der Waals surface area contributed by atoms with E-state index in [1.54, 1.807) is 0 Å². The maximum atomic E-state index is 4.27. The molecule has 2 heteroatoms. The third-order valence-electron chi connectivity index (χ3n) is 1.62. The lowest BCUT2D eigenvalue weighted by atomic mass is 10.2. The first-order valence-electron chi connectivity index (χ1n) is 3.45. The molecule has 0 nitrogen and oxygen atoms in total. The molecule has 0 unspecified atom stereocenters. The summed E-state index contributed by atoms with van der Waals surface area (Å²) in [6.45, 7) is 2.13. The van der Waals surface area contributed by atoms with Crippen LogP contribution in [0.2, 0.25) is 0 Å². The van der Waals surface area contributed by atoms with Crippen molar-refractivity contribution < 1.29 is 0 Å². The minimum atomic E-state index is 1.04. The van der Waals surface area contributed by atoms with Crippen molar-refractivity contribution in [3.05, 3.63) is 29.1 Å². The first-order valence-corrected chi connectivity index (χ1v) is 4.71. The number of hydrogen-bond acceptors (Lipinski definition) is 2. The van der Waals surface area contributed by atoms with E-state index < -0.39 is 0 Å². The Hall–Kier alpha value is -0.470. The van der Waals surface area contributed by atoms with E-state index in [1.165, 1.54) is 15.0 Å². The van der Waals surface area contributed by atoms with Gasteiger partial charge in [0.15, 0.2) is 0 Å². The molecule has 0 bridgehead atoms. The summed E-state index contributed by atoms with van der Waals surface area (Å²) in [5.74, 6) is 0. The predicted octanol–water partition coefficient (Wildman–Crippen LogP) is 3.50. The maximum Gasteiger partial charge on any atom is 0.0346 e. The van der Waals surface area contributed by atoms with Crippen molar-refractivity contribution in [2.75, 3.05) is 0 Å². The standard InChI is InChI=1S/C9H8S2/c1-6-4-7-5-8(10)2-3-9(7)11-6/h2-5,10H,1H3. The lowest BCUT2D eigenvalue weighted by Gasteiger charge is -1.89. The molecule has 56 valence electrons. The second-order valence-corrected chi connectivity index (χ2v) is 4.38. The molecule has 1 heterocycles. The van der Waals surface area contributed by atoms with Gasteiger partial charge in [-0.3, -0.25) is 0 Å². The monoisotopic (exact) mass is 180 g/mol. The summed E-state index contributed by atoms with van der Waals surface area (Å²) in [7, 11) is 0. The molecule has 0 aliphatic carbocycles. The van der Waals surface area contributed by atoms with Crippen LogP contribution in [0.25, 0.3) is 10.1 Å². The molecular weight excluding hydrogens is 172 g/mol. The van der Waals surface area contributed by atoms with E-state index in [-0.39, 0.29) is 0 Å². The van der Waals surface area contributed by atoms with E-state index >= 15 is 0 Å². The molecule has 0 spiro atoms. The zero-order chi connectivity index (χ0) is 7.84. The molecule has 0 saturated heterocycles. The van der Waals surface area contributed by atoms with Crippen molar-refractivity contribution in [3.8, 4) is 0 Å². The van der Waals surface area contributed by atoms with Crippen molar-refractivity contribution >= 4 is 34.1 Å². The number of fused-ring (bicyclic) bond motifs is 1. The highest BCUT2D eigenvalue weighted by Gasteiger charge is 1.96. The fourth-order valence-electron chi connectivity index (χ4n) is 1.16. The lowest BCUT2D eigenvalue weighted by molar-refractivity contribution is 1.54. The number of thiophene rings is 1. The van der Waals surface area contributed by atoms with Crippen LogP contribution in [-0.2, 0) is 0 Å². The Morgan fingerprint density at radius 3 is 2.91 bits per heavy atom. The summed E-state index contributed by atoms with van der Waals surface area (Å²) in [5.41, 5.74) is 0. The molecule has 2 rings (SSSR count). The Morgan fingerprint density at radius 1 is 1.27 bits per heavy atom. The smallest absolute Gasteiger partial charge is 0.0346 e. The van der Waals surface area contributed by atoms with Crippen molar-refractivity contribution in [1.29, 1.82) is 0 Å². The van der Waals surface area contributed by atoms with E-state index in [2.05, 4.69) is 37.8 Å². The average Bonchev–Trinajstić information content (AvgIpc) is 2.27. The Morgan fingerprint density at radius 2 is 2.09 bits per heavy atom. The van der Waals surface area contributed by atoms with Crippen LogP contribution in [0.15, 0.2) is 29.2 Å². The van der Waals surface area contributed by atoms with Gasteiger partial charge in [0.25, 0.3) is 0 Å². The first kappa shape index (κ1) is 7.19. The fraction of sp³-hybridized carbons (Fsp3) is 0.111. The molecule has 0 fully saturated rings. The summed E-state index contributed by atoms with van der Waals surface area (Å²) < 4.78 is 1.35. The summed E-state index contributed by atoms with van der Waals surface area (Å²) in [4.78, 5) is 2.40. The SMILES string of the molecule is Cc1cc2cc(S)ccc2s1. The molecule has 0 aliphatic rings. The molecule has 0 saturated carbocycles. The van der Waals surface area contributed by atoms with Crippen LogP contribution < -0.4 is 0 Å². The van der Waals surface area contributed by atoms with Gasteiger partial charge < -0.3 is 0 Å². The molecule has 0 amide bonds. The van der Waals surface area contributed by atoms with Gasteiger partial charge in [-0.25, -0.2) is 0 Å². The van der Waals surface area contributed by atoms with Crippen LogP contribution in [0.5, 0.6) is 0 Å². The number of benzene rings is 1. The van der Waals surface area contributed by atoms with Crippen molar-refractivity contribution in [2.24, 2.45) is 0 Å². The lowest BCUT2D eigenvalue weighted by Crippen LogP contribution is -1.62. The summed E-state index contributed by atoms with van der Waals surface area (Å²) in [6.07, 6.45) is 0. The van der Waals surface area contributed by atoms with E-state index in [0.717, 1.165) is 4.90 Å². The fourth-order valence-corrected chi connectivity index (χ4v) is 2.28. The Balaban J connectivity index is 2.82. The Bertz CT molecular complexity index is 387. The second-order valence-electron chi connectivity index (χ2n) is 2.58. The van der Waals surface area contributed by atoms with E-state index in [4.69, 9.17) is 0 Å². The molecule has 1 aromatic carbocycles. The first-order chi connectivity index (χ1) is 5.25. The largest absolute Gasteiger partial charge is 0.143 e. The highest BCUT2D eigenvalue weighted by Crippen LogP contribution is 2.26. The summed E-state index contributed by atoms with van der Waals surface area (Å²) >= 11 is 6.10. The van der Waals surface area contributed by atoms with Crippen LogP contribution in [0.1, 0.15) is 4.88 Å². The van der Waals surface area contributed by atoms with Crippen LogP contribution >= 0.6 is 24.0 Å². The minimum absolute atomic E-state index is 1.04. The van der Waals surface area contributed by atoms with Gasteiger partial charge in [-0.15, -0.1) is 24.0 Å². The van der Waals surface area contributed by atoms with Gasteiger partial charge in [0, 0.05) is 14.5 Å². The van der Waals surface area contributed by atoms with Gasteiger partial charge in [0.2, 0.25) is 0 Å². The van der Waals surface area contributed by atoms with Crippen LogP contribution in [-0.4, -0.2) is 0 Å². The Kier molecular flexibility index (Phi) is 1.66. The molecule has 0 aliphatic heterocycles. The molecule has 1 aromatic heterocycles. The number of hydrogen-bond donors (Lipinski definition) is 1. The highest BCUT2D eigenvalue weighted by atomic mass is 32.1. The number of rotatable bonds is 0. The molecular formula is C9H8S2. The predicted molar refractivity (Wildman–Crippen MR) is 53.8 cm³/mol. The Labute approximate surface area is 75.3 Å². The number of aryl methyl sites for hydroxylation is 1. The molecule has 11 heavy (non-hydrogen) atoms. The molecule has 0 radical (unpaired) electrons. The van der Waals surface area contributed by atoms with Gasteiger partial charge in [-0.2, -0.15) is 0 Å². The van der Waals surface area contributed by atoms with Crippen molar-refractivity contribution in [2.45, 2.75) is 11.8 Å². The van der Waals surface area contributed by atoms with E-state index in [1.807, 2.05) is 17.4 Å². The van der Waals surface area contributed by atoms with Gasteiger partial charge in [-0.1, -0.05) is 0 Å². The van der Waals surface area contributed by atoms with Crippen molar-refractivity contribution in [3.63, 3.8) is 0 Å². The summed E-state index contributed by atoms with van der Waals surface area (Å²) in [6, 6.07) is 8.44. The minimum Gasteiger partial charge on any atom is -0.143 e. The van der Waals surface area contributed by atoms with Crippen LogP contribution in [0.4, 0.5) is 0 Å². The number of thiol groups is 1. The maximum absolute atomic E-state index is 4.27. The van der Waals surface area contributed by atoms with E-state index in [0.29, 0.717) is 0 Å². The molecule has 0 atom stereocenters. The third-order valence-corrected chi connectivity index (χ3v) is 2.93. The molecule has 0 N–H and O–H groups in total. The zero-order valence-corrected chi connectivity index (χ0v) is 7.88. The van der Waals surface area contributed by atoms with Gasteiger partial charge in [0.05, 0.1) is 0 Å². The van der Waals surface area contributed by atoms with Crippen molar-refractivity contribution in [1.82, 2.24) is 0 Å². The normalized spacial score (nSPS) is 10.7.